The number of halogens is 1. The van der Waals surface area contributed by atoms with Crippen LogP contribution in [0.25, 0.3) is 0 Å². The summed E-state index contributed by atoms with van der Waals surface area (Å²) in [5.41, 5.74) is 2.73. The molecule has 0 saturated heterocycles. The summed E-state index contributed by atoms with van der Waals surface area (Å²) < 4.78 is 24.5. The minimum absolute atomic E-state index is 0.0567. The van der Waals surface area contributed by atoms with Gasteiger partial charge in [0.25, 0.3) is 0 Å². The Morgan fingerprint density at radius 2 is 1.78 bits per heavy atom. The summed E-state index contributed by atoms with van der Waals surface area (Å²) in [5.74, 6) is -0.623. The first-order chi connectivity index (χ1) is 10.8. The van der Waals surface area contributed by atoms with Gasteiger partial charge in [-0.05, 0) is 43.2 Å². The van der Waals surface area contributed by atoms with E-state index in [0.717, 1.165) is 11.1 Å². The molecule has 2 aromatic rings. The highest BCUT2D eigenvalue weighted by molar-refractivity contribution is 7.91. The molecule has 122 valence electrons. The average Bonchev–Trinajstić information content (AvgIpc) is 2.50. The average molecular weight is 352 g/mol. The smallest absolute Gasteiger partial charge is 0.225 e. The van der Waals surface area contributed by atoms with E-state index in [1.807, 2.05) is 26.0 Å². The van der Waals surface area contributed by atoms with Crippen LogP contribution in [-0.2, 0) is 14.6 Å². The zero-order valence-electron chi connectivity index (χ0n) is 13.0. The molecule has 4 nitrogen and oxygen atoms in total. The lowest BCUT2D eigenvalue weighted by molar-refractivity contribution is -0.115. The summed E-state index contributed by atoms with van der Waals surface area (Å²) in [6, 6.07) is 11.8. The molecule has 23 heavy (non-hydrogen) atoms. The summed E-state index contributed by atoms with van der Waals surface area (Å²) in [4.78, 5) is 12.1. The van der Waals surface area contributed by atoms with Crippen molar-refractivity contribution in [1.29, 1.82) is 0 Å². The predicted molar refractivity (Wildman–Crippen MR) is 92.7 cm³/mol. The van der Waals surface area contributed by atoms with E-state index in [-0.39, 0.29) is 28.0 Å². The second kappa shape index (κ2) is 7.15. The molecule has 0 bridgehead atoms. The Balaban J connectivity index is 2.04. The largest absolute Gasteiger partial charge is 0.326 e. The van der Waals surface area contributed by atoms with Crippen molar-refractivity contribution < 1.29 is 13.2 Å². The number of hydrogen-bond donors (Lipinski definition) is 1. The van der Waals surface area contributed by atoms with Crippen LogP contribution in [0.1, 0.15) is 17.5 Å². The molecule has 0 aliphatic carbocycles. The van der Waals surface area contributed by atoms with Gasteiger partial charge in [-0.15, -0.1) is 0 Å². The highest BCUT2D eigenvalue weighted by Crippen LogP contribution is 2.22. The van der Waals surface area contributed by atoms with E-state index in [9.17, 15) is 13.2 Å². The van der Waals surface area contributed by atoms with Crippen molar-refractivity contribution in [3.8, 4) is 0 Å². The van der Waals surface area contributed by atoms with Gasteiger partial charge in [-0.3, -0.25) is 4.79 Å². The quantitative estimate of drug-likeness (QED) is 0.892. The lowest BCUT2D eigenvalue weighted by atomic mass is 10.1. The van der Waals surface area contributed by atoms with E-state index in [0.29, 0.717) is 5.69 Å². The number of sulfone groups is 1. The van der Waals surface area contributed by atoms with Gasteiger partial charge < -0.3 is 5.32 Å². The number of carbonyl (C=O) groups excluding carboxylic acids is 1. The van der Waals surface area contributed by atoms with Gasteiger partial charge in [0.2, 0.25) is 5.91 Å². The van der Waals surface area contributed by atoms with Crippen LogP contribution in [-0.4, -0.2) is 20.1 Å². The topological polar surface area (TPSA) is 63.2 Å². The maximum Gasteiger partial charge on any atom is 0.225 e. The standard InChI is InChI=1S/C17H18ClNO3S/c1-12-6-5-8-15(13(12)2)19-17(20)10-11-23(21,22)16-9-4-3-7-14(16)18/h3-9H,10-11H2,1-2H3,(H,19,20). The van der Waals surface area contributed by atoms with Crippen molar-refractivity contribution in [1.82, 2.24) is 0 Å². The molecule has 2 aromatic carbocycles. The molecule has 1 amide bonds. The van der Waals surface area contributed by atoms with Crippen molar-refractivity contribution in [2.24, 2.45) is 0 Å². The molecule has 6 heteroatoms. The molecule has 0 aliphatic rings. The van der Waals surface area contributed by atoms with Crippen LogP contribution >= 0.6 is 11.6 Å². The normalized spacial score (nSPS) is 11.3. The van der Waals surface area contributed by atoms with Gasteiger partial charge in [0.15, 0.2) is 9.84 Å². The molecular weight excluding hydrogens is 334 g/mol. The zero-order chi connectivity index (χ0) is 17.0. The van der Waals surface area contributed by atoms with Gasteiger partial charge in [0.1, 0.15) is 0 Å². The molecule has 2 rings (SSSR count). The van der Waals surface area contributed by atoms with Crippen LogP contribution in [0.5, 0.6) is 0 Å². The molecule has 0 aliphatic heterocycles. The number of hydrogen-bond acceptors (Lipinski definition) is 3. The summed E-state index contributed by atoms with van der Waals surface area (Å²) in [6.45, 7) is 3.86. The molecule has 0 radical (unpaired) electrons. The summed E-state index contributed by atoms with van der Waals surface area (Å²) >= 11 is 5.91. The van der Waals surface area contributed by atoms with E-state index in [1.54, 1.807) is 18.2 Å². The number of benzene rings is 2. The SMILES string of the molecule is Cc1cccc(NC(=O)CCS(=O)(=O)c2ccccc2Cl)c1C. The first-order valence-electron chi connectivity index (χ1n) is 7.14. The first-order valence-corrected chi connectivity index (χ1v) is 9.17. The molecule has 0 atom stereocenters. The fourth-order valence-corrected chi connectivity index (χ4v) is 3.95. The van der Waals surface area contributed by atoms with Crippen LogP contribution in [0.15, 0.2) is 47.4 Å². The highest BCUT2D eigenvalue weighted by Gasteiger charge is 2.19. The van der Waals surface area contributed by atoms with E-state index in [2.05, 4.69) is 5.32 Å². The van der Waals surface area contributed by atoms with E-state index >= 15 is 0 Å². The lowest BCUT2D eigenvalue weighted by Crippen LogP contribution is -2.18. The van der Waals surface area contributed by atoms with E-state index < -0.39 is 9.84 Å². The van der Waals surface area contributed by atoms with E-state index in [1.165, 1.54) is 12.1 Å². The molecule has 0 aromatic heterocycles. The molecule has 0 spiro atoms. The van der Waals surface area contributed by atoms with Gasteiger partial charge >= 0.3 is 0 Å². The van der Waals surface area contributed by atoms with Crippen molar-refractivity contribution in [3.63, 3.8) is 0 Å². The fraction of sp³-hybridized carbons (Fsp3) is 0.235. The Morgan fingerprint density at radius 3 is 2.48 bits per heavy atom. The van der Waals surface area contributed by atoms with Gasteiger partial charge in [-0.1, -0.05) is 35.9 Å². The Labute approximate surface area is 141 Å². The molecule has 1 N–H and O–H groups in total. The number of carbonyl (C=O) groups is 1. The van der Waals surface area contributed by atoms with Crippen LogP contribution in [0.4, 0.5) is 5.69 Å². The Kier molecular flexibility index (Phi) is 5.44. The number of rotatable bonds is 5. The third-order valence-electron chi connectivity index (χ3n) is 3.65. The second-order valence-corrected chi connectivity index (χ2v) is 7.78. The molecule has 0 fully saturated rings. The number of aryl methyl sites for hydroxylation is 1. The molecule has 0 saturated carbocycles. The third kappa shape index (κ3) is 4.33. The van der Waals surface area contributed by atoms with Crippen LogP contribution in [0.3, 0.4) is 0 Å². The van der Waals surface area contributed by atoms with Crippen molar-refractivity contribution in [2.45, 2.75) is 25.2 Å². The number of amides is 1. The van der Waals surface area contributed by atoms with E-state index in [4.69, 9.17) is 11.6 Å². The van der Waals surface area contributed by atoms with Gasteiger partial charge in [0, 0.05) is 12.1 Å². The Morgan fingerprint density at radius 1 is 1.09 bits per heavy atom. The number of anilines is 1. The van der Waals surface area contributed by atoms with Crippen LogP contribution in [0, 0.1) is 13.8 Å². The summed E-state index contributed by atoms with van der Waals surface area (Å²) in [5, 5.41) is 2.92. The van der Waals surface area contributed by atoms with Gasteiger partial charge in [-0.2, -0.15) is 0 Å². The van der Waals surface area contributed by atoms with Gasteiger partial charge in [-0.25, -0.2) is 8.42 Å². The monoisotopic (exact) mass is 351 g/mol. The third-order valence-corrected chi connectivity index (χ3v) is 5.86. The highest BCUT2D eigenvalue weighted by atomic mass is 35.5. The maximum atomic E-state index is 12.3. The number of nitrogens with one attached hydrogen (secondary N) is 1. The molecule has 0 heterocycles. The fourth-order valence-electron chi connectivity index (χ4n) is 2.13. The molecular formula is C17H18ClNO3S. The van der Waals surface area contributed by atoms with Gasteiger partial charge in [0.05, 0.1) is 15.7 Å². The van der Waals surface area contributed by atoms with Crippen molar-refractivity contribution in [2.75, 3.05) is 11.1 Å². The minimum atomic E-state index is -3.59. The summed E-state index contributed by atoms with van der Waals surface area (Å²) in [6.07, 6.45) is -0.124. The predicted octanol–water partition coefficient (Wildman–Crippen LogP) is 3.76. The van der Waals surface area contributed by atoms with Crippen LogP contribution < -0.4 is 5.32 Å². The van der Waals surface area contributed by atoms with Crippen molar-refractivity contribution in [3.05, 3.63) is 58.6 Å². The lowest BCUT2D eigenvalue weighted by Gasteiger charge is -2.11. The Bertz CT molecular complexity index is 831. The second-order valence-electron chi connectivity index (χ2n) is 5.29. The maximum absolute atomic E-state index is 12.3. The van der Waals surface area contributed by atoms with Crippen LogP contribution in [0.2, 0.25) is 5.02 Å². The summed E-state index contributed by atoms with van der Waals surface area (Å²) in [7, 11) is -3.59. The Hall–Kier alpha value is -1.85. The molecule has 0 unspecified atom stereocenters. The minimum Gasteiger partial charge on any atom is -0.326 e. The van der Waals surface area contributed by atoms with Crippen molar-refractivity contribution >= 4 is 33.0 Å². The zero-order valence-corrected chi connectivity index (χ0v) is 14.5. The first kappa shape index (κ1) is 17.5.